The van der Waals surface area contributed by atoms with Gasteiger partial charge in [0, 0.05) is 22.8 Å². The van der Waals surface area contributed by atoms with Gasteiger partial charge in [-0.25, -0.2) is 9.52 Å². The number of fused-ring (bicyclic) bond motifs is 2. The zero-order valence-electron chi connectivity index (χ0n) is 19.5. The van der Waals surface area contributed by atoms with E-state index in [0.717, 1.165) is 12.3 Å². The lowest BCUT2D eigenvalue weighted by molar-refractivity contribution is 0.0779. The molecule has 2 amide bonds. The van der Waals surface area contributed by atoms with Crippen molar-refractivity contribution in [2.75, 3.05) is 5.32 Å². The SMILES string of the molecule is [2H]C1([2H])CCc2cc3c(c(NC(=O)NS(=O)(=O)c4cc(C(C)(C)O)co4)c21)C([2H])([2H])CC3. The van der Waals surface area contributed by atoms with Crippen molar-refractivity contribution in [3.63, 3.8) is 0 Å². The molecule has 2 aliphatic carbocycles. The van der Waals surface area contributed by atoms with E-state index in [4.69, 9.17) is 9.90 Å². The third kappa shape index (κ3) is 3.42. The van der Waals surface area contributed by atoms with Gasteiger partial charge in [-0.2, -0.15) is 8.42 Å². The van der Waals surface area contributed by atoms with Crippen LogP contribution in [-0.4, -0.2) is 19.6 Å². The molecule has 1 aromatic heterocycles. The highest BCUT2D eigenvalue weighted by molar-refractivity contribution is 7.89. The van der Waals surface area contributed by atoms with Gasteiger partial charge in [0.25, 0.3) is 10.0 Å². The van der Waals surface area contributed by atoms with Crippen molar-refractivity contribution in [3.8, 4) is 0 Å². The Balaban J connectivity index is 1.68. The largest absolute Gasteiger partial charge is 0.451 e. The maximum Gasteiger partial charge on any atom is 0.333 e. The summed E-state index contributed by atoms with van der Waals surface area (Å²) in [6, 6.07) is 1.73. The number of urea groups is 1. The van der Waals surface area contributed by atoms with Crippen LogP contribution in [0.25, 0.3) is 0 Å². The second-order valence-corrected chi connectivity index (χ2v) is 9.06. The molecule has 7 nitrogen and oxygen atoms in total. The summed E-state index contributed by atoms with van der Waals surface area (Å²) < 4.78 is 65.4. The summed E-state index contributed by atoms with van der Waals surface area (Å²) in [7, 11) is -4.43. The van der Waals surface area contributed by atoms with Crippen molar-refractivity contribution in [1.29, 1.82) is 0 Å². The molecule has 0 saturated carbocycles. The third-order valence-corrected chi connectivity index (χ3v) is 6.09. The number of aliphatic hydroxyl groups is 1. The van der Waals surface area contributed by atoms with Crippen molar-refractivity contribution < 1.29 is 28.2 Å². The topological polar surface area (TPSA) is 109 Å². The highest BCUT2D eigenvalue weighted by Crippen LogP contribution is 2.38. The van der Waals surface area contributed by atoms with Gasteiger partial charge in [-0.3, -0.25) is 0 Å². The van der Waals surface area contributed by atoms with Crippen LogP contribution in [0.3, 0.4) is 0 Å². The maximum absolute atomic E-state index is 12.7. The van der Waals surface area contributed by atoms with Gasteiger partial charge in [-0.05, 0) is 74.5 Å². The number of nitrogens with one attached hydrogen (secondary N) is 2. The van der Waals surface area contributed by atoms with E-state index in [-0.39, 0.29) is 35.2 Å². The molecule has 2 aromatic rings. The second kappa shape index (κ2) is 6.63. The Hall–Kier alpha value is -2.32. The Morgan fingerprint density at radius 1 is 1.18 bits per heavy atom. The summed E-state index contributed by atoms with van der Waals surface area (Å²) in [6.45, 7) is 2.90. The lowest BCUT2D eigenvalue weighted by atomic mass is 9.99. The van der Waals surface area contributed by atoms with E-state index in [1.807, 2.05) is 4.72 Å². The number of aryl methyl sites for hydroxylation is 2. The van der Waals surface area contributed by atoms with Gasteiger partial charge in [-0.1, -0.05) is 6.07 Å². The first-order valence-electron chi connectivity index (χ1n) is 11.0. The number of rotatable bonds is 4. The Morgan fingerprint density at radius 2 is 1.79 bits per heavy atom. The van der Waals surface area contributed by atoms with Crippen molar-refractivity contribution in [2.24, 2.45) is 0 Å². The summed E-state index contributed by atoms with van der Waals surface area (Å²) in [4.78, 5) is 12.7. The molecule has 3 N–H and O–H groups in total. The van der Waals surface area contributed by atoms with Crippen molar-refractivity contribution in [2.45, 2.75) is 63.0 Å². The van der Waals surface area contributed by atoms with Gasteiger partial charge in [0.05, 0.1) is 11.9 Å². The molecule has 0 radical (unpaired) electrons. The van der Waals surface area contributed by atoms with E-state index in [2.05, 4.69) is 5.32 Å². The van der Waals surface area contributed by atoms with Crippen LogP contribution >= 0.6 is 0 Å². The second-order valence-electron chi connectivity index (χ2n) is 7.45. The minimum Gasteiger partial charge on any atom is -0.451 e. The van der Waals surface area contributed by atoms with Crippen LogP contribution in [0.4, 0.5) is 10.5 Å². The molecule has 150 valence electrons. The molecule has 0 bridgehead atoms. The Bertz CT molecular complexity index is 1170. The monoisotopic (exact) mass is 408 g/mol. The van der Waals surface area contributed by atoms with Gasteiger partial charge >= 0.3 is 6.03 Å². The van der Waals surface area contributed by atoms with Gasteiger partial charge in [0.2, 0.25) is 5.09 Å². The number of furan rings is 1. The van der Waals surface area contributed by atoms with Gasteiger partial charge in [-0.15, -0.1) is 0 Å². The first-order valence-corrected chi connectivity index (χ1v) is 10.4. The maximum atomic E-state index is 12.7. The first kappa shape index (κ1) is 14.6. The fourth-order valence-electron chi connectivity index (χ4n) is 3.46. The van der Waals surface area contributed by atoms with Crippen LogP contribution in [0.15, 0.2) is 27.9 Å². The molecular weight excluding hydrogens is 380 g/mol. The molecule has 2 aliphatic rings. The number of sulfonamides is 1. The van der Waals surface area contributed by atoms with Crippen LogP contribution in [0.2, 0.25) is 0 Å². The molecule has 1 aromatic carbocycles. The molecule has 0 aliphatic heterocycles. The summed E-state index contributed by atoms with van der Waals surface area (Å²) in [5.74, 6) is 0. The fourth-order valence-corrected chi connectivity index (χ4v) is 4.31. The van der Waals surface area contributed by atoms with E-state index in [1.54, 1.807) is 6.07 Å². The molecule has 1 heterocycles. The van der Waals surface area contributed by atoms with Crippen LogP contribution in [0.1, 0.15) is 60.0 Å². The van der Waals surface area contributed by atoms with Gasteiger partial charge in [0.1, 0.15) is 0 Å². The molecule has 8 heteroatoms. The lowest BCUT2D eigenvalue weighted by Crippen LogP contribution is -2.34. The summed E-state index contributed by atoms with van der Waals surface area (Å²) >= 11 is 0. The average Bonchev–Trinajstić information content (AvgIpc) is 3.31. The van der Waals surface area contributed by atoms with E-state index in [0.29, 0.717) is 24.0 Å². The van der Waals surface area contributed by atoms with Crippen LogP contribution < -0.4 is 10.0 Å². The van der Waals surface area contributed by atoms with Crippen LogP contribution in [0.5, 0.6) is 0 Å². The molecule has 0 saturated heterocycles. The Labute approximate surface area is 169 Å². The van der Waals surface area contributed by atoms with Gasteiger partial charge in [0.15, 0.2) is 0 Å². The highest BCUT2D eigenvalue weighted by atomic mass is 32.2. The Morgan fingerprint density at radius 3 is 2.32 bits per heavy atom. The number of benzene rings is 1. The molecule has 0 atom stereocenters. The number of carbonyl (C=O) groups excluding carboxylic acids is 1. The minimum atomic E-state index is -4.43. The molecule has 0 fully saturated rings. The van der Waals surface area contributed by atoms with E-state index >= 15 is 0 Å². The standard InChI is InChI=1S/C20H24N2O5S/c1-20(2,24)14-10-17(27-11-14)28(25,26)22-19(23)21-18-15-7-3-5-12(15)9-13-6-4-8-16(13)18/h9-11,24H,3-8H2,1-2H3,(H2,21,22,23)/i7D2,8D2. The zero-order valence-corrected chi connectivity index (χ0v) is 16.4. The summed E-state index contributed by atoms with van der Waals surface area (Å²) in [5.41, 5.74) is 0.608. The average molecular weight is 409 g/mol. The summed E-state index contributed by atoms with van der Waals surface area (Å²) in [5, 5.41) is 11.8. The first-order chi connectivity index (χ1) is 14.6. The fraction of sp³-hybridized carbons (Fsp3) is 0.450. The number of anilines is 1. The molecule has 4 rings (SSSR count). The predicted octanol–water partition coefficient (Wildman–Crippen LogP) is 2.99. The number of amides is 2. The number of carbonyl (C=O) groups is 1. The van der Waals surface area contributed by atoms with Crippen LogP contribution in [-0.2, 0) is 41.2 Å². The molecule has 0 spiro atoms. The van der Waals surface area contributed by atoms with Crippen molar-refractivity contribution >= 4 is 21.7 Å². The minimum absolute atomic E-state index is 0.00757. The third-order valence-electron chi connectivity index (χ3n) is 4.90. The molecule has 28 heavy (non-hydrogen) atoms. The van der Waals surface area contributed by atoms with Crippen molar-refractivity contribution in [3.05, 3.63) is 46.2 Å². The summed E-state index contributed by atoms with van der Waals surface area (Å²) in [6.07, 6.45) is -1.23. The molecule has 0 unspecified atom stereocenters. The van der Waals surface area contributed by atoms with Crippen molar-refractivity contribution in [1.82, 2.24) is 4.72 Å². The quantitative estimate of drug-likeness (QED) is 0.721. The number of hydrogen-bond acceptors (Lipinski definition) is 5. The van der Waals surface area contributed by atoms with E-state index in [1.165, 1.54) is 13.8 Å². The smallest absolute Gasteiger partial charge is 0.333 e. The highest BCUT2D eigenvalue weighted by Gasteiger charge is 2.28. The zero-order chi connectivity index (χ0) is 23.7. The molecular formula is C20H24N2O5S. The van der Waals surface area contributed by atoms with E-state index < -0.39 is 39.5 Å². The Kier molecular flexibility index (Phi) is 3.47. The normalized spacial score (nSPS) is 21.7. The predicted molar refractivity (Wildman–Crippen MR) is 104 cm³/mol. The van der Waals surface area contributed by atoms with Gasteiger partial charge < -0.3 is 14.8 Å². The number of hydrogen-bond donors (Lipinski definition) is 3. The lowest BCUT2D eigenvalue weighted by Gasteiger charge is -2.16. The van der Waals surface area contributed by atoms with E-state index in [9.17, 15) is 18.3 Å². The van der Waals surface area contributed by atoms with Crippen LogP contribution in [0, 0.1) is 0 Å².